The number of rotatable bonds is 13. The fraction of sp³-hybridized carbons (Fsp3) is 0.0667. The smallest absolute Gasteiger partial charge is 0.268 e. The molecule has 0 saturated heterocycles. The monoisotopic (exact) mass is 1450 g/mol. The van der Waals surface area contributed by atoms with Gasteiger partial charge in [0.15, 0.2) is 0 Å². The molecule has 6 heteroatoms. The Morgan fingerprint density at radius 1 is 0.448 bits per heavy atom. The van der Waals surface area contributed by atoms with E-state index in [4.69, 9.17) is 35.8 Å². The maximum Gasteiger partial charge on any atom is 0.268 e. The number of benzene rings is 13. The Morgan fingerprint density at radius 3 is 1.50 bits per heavy atom. The molecule has 13 aromatic carbocycles. The molecule has 464 valence electrons. The maximum absolute atomic E-state index is 10.9. The van der Waals surface area contributed by atoms with Crippen LogP contribution in [-0.4, -0.2) is 14.1 Å². The molecule has 0 bridgehead atoms. The summed E-state index contributed by atoms with van der Waals surface area (Å²) >= 11 is 0. The number of nitrogens with zero attached hydrogens (tertiary/aromatic N) is 4. The van der Waals surface area contributed by atoms with E-state index in [0.717, 1.165) is 38.6 Å². The minimum atomic E-state index is -3.09. The van der Waals surface area contributed by atoms with Crippen molar-refractivity contribution >= 4 is 32.8 Å². The van der Waals surface area contributed by atoms with Crippen LogP contribution in [0, 0.1) is 32.2 Å². The van der Waals surface area contributed by atoms with Crippen molar-refractivity contribution in [3.05, 3.63) is 344 Å². The second kappa shape index (κ2) is 25.6. The van der Waals surface area contributed by atoms with E-state index in [9.17, 15) is 24.7 Å². The van der Waals surface area contributed by atoms with Crippen LogP contribution in [0.4, 0.5) is 0 Å². The standard InChI is InChI=1S/C90H66N4O.Pt/c1-60-25-23-26-61(2)88(60)67-41-44-84-86(55-67)92(76-37-24-38-77(57-76)95-78-42-43-80-79-39-21-22-40-83(79)94(85(80)58-78)87-56-75(45-46-91-87)90(3,4)5)59-93(84)89-81(73-49-68(62-27-11-6-12-28-62)47-69(50-73)63-29-13-7-14-30-63)53-72(66-35-19-10-20-36-66)54-82(89)74-51-70(64-31-15-8-16-32-64)48-71(52-74)65-33-17-9-18-34-65;/h6-56H,1-5H3;/q-2;/i1D3,2D3,6D,7D,8D,9D,10D,11D,12D,13D,14D,15D,16D,17D,18D,19D,20D,27D,28D,29D,30D,31D,32D,33D,34D,35D,36D,47D,48D,49D,50D,51D,52D;. The first-order chi connectivity index (χ1) is 61.9. The summed E-state index contributed by atoms with van der Waals surface area (Å²) in [6.07, 6.45) is 4.93. The largest absolute Gasteiger partial charge is 0.510 e. The van der Waals surface area contributed by atoms with Crippen LogP contribution in [0.1, 0.15) is 88.2 Å². The van der Waals surface area contributed by atoms with Crippen molar-refractivity contribution in [3.63, 3.8) is 0 Å². The van der Waals surface area contributed by atoms with Crippen molar-refractivity contribution in [1.82, 2.24) is 14.1 Å². The third kappa shape index (κ3) is 11.7. The van der Waals surface area contributed by atoms with Crippen molar-refractivity contribution in [2.75, 3.05) is 0 Å². The van der Waals surface area contributed by atoms with Crippen LogP contribution in [-0.2, 0) is 26.5 Å². The predicted molar refractivity (Wildman–Crippen MR) is 392 cm³/mol. The van der Waals surface area contributed by atoms with E-state index >= 15 is 0 Å². The van der Waals surface area contributed by atoms with Crippen LogP contribution in [0.2, 0.25) is 0 Å². The first-order valence-corrected chi connectivity index (χ1v) is 29.5. The molecule has 16 aromatic rings. The van der Waals surface area contributed by atoms with Gasteiger partial charge >= 0.3 is 0 Å². The van der Waals surface area contributed by atoms with E-state index in [-0.39, 0.29) is 65.8 Å². The number of pyridine rings is 1. The van der Waals surface area contributed by atoms with Crippen LogP contribution in [0.15, 0.2) is 309 Å². The van der Waals surface area contributed by atoms with Gasteiger partial charge in [0.1, 0.15) is 5.82 Å². The van der Waals surface area contributed by atoms with E-state index in [2.05, 4.69) is 39.2 Å². The summed E-state index contributed by atoms with van der Waals surface area (Å²) in [5.74, 6) is 0.522. The van der Waals surface area contributed by atoms with Gasteiger partial charge in [-0.15, -0.1) is 29.7 Å². The first kappa shape index (κ1) is 32.3. The molecule has 5 nitrogen and oxygen atoms in total. The van der Waals surface area contributed by atoms with Crippen LogP contribution in [0.25, 0.3) is 139 Å². The average molecular weight is 1450 g/mol. The van der Waals surface area contributed by atoms with Gasteiger partial charge in [-0.25, -0.2) is 4.98 Å². The number of imidazole rings is 1. The van der Waals surface area contributed by atoms with Gasteiger partial charge in [-0.2, -0.15) is 18.2 Å². The normalized spacial score (nSPS) is 17.2. The van der Waals surface area contributed by atoms with Gasteiger partial charge in [-0.1, -0.05) is 226 Å². The summed E-state index contributed by atoms with van der Waals surface area (Å²) in [4.78, 5) is 4.81. The minimum Gasteiger partial charge on any atom is -0.510 e. The summed E-state index contributed by atoms with van der Waals surface area (Å²) in [5, 5.41) is 1.55. The third-order valence-electron chi connectivity index (χ3n) is 15.8. The van der Waals surface area contributed by atoms with Crippen molar-refractivity contribution in [1.29, 1.82) is 0 Å². The van der Waals surface area contributed by atoms with Gasteiger partial charge in [0.05, 0.1) is 59.2 Å². The fourth-order valence-electron chi connectivity index (χ4n) is 11.4. The Hall–Kier alpha value is -11.2. The zero-order valence-electron chi connectivity index (χ0n) is 87.6. The van der Waals surface area contributed by atoms with Crippen LogP contribution < -0.4 is 9.30 Å². The molecule has 16 rings (SSSR count). The first-order valence-electron chi connectivity index (χ1n) is 48.0. The Kier molecular flexibility index (Phi) is 8.60. The molecule has 0 amide bonds. The summed E-state index contributed by atoms with van der Waals surface area (Å²) in [6.45, 7) is -0.0275. The molecular formula is C90H66N4OPt-2. The summed E-state index contributed by atoms with van der Waals surface area (Å²) in [5.41, 5.74) is -14.7. The molecule has 0 fully saturated rings. The van der Waals surface area contributed by atoms with Gasteiger partial charge < -0.3 is 13.9 Å². The quantitative estimate of drug-likeness (QED) is 0.0852. The molecule has 3 heterocycles. The summed E-state index contributed by atoms with van der Waals surface area (Å²) in [7, 11) is 0. The van der Waals surface area contributed by atoms with Crippen molar-refractivity contribution in [3.8, 4) is 118 Å². The molecule has 0 aliphatic carbocycles. The van der Waals surface area contributed by atoms with Gasteiger partial charge in [0.25, 0.3) is 6.33 Å². The van der Waals surface area contributed by atoms with E-state index in [1.54, 1.807) is 12.3 Å². The zero-order valence-corrected chi connectivity index (χ0v) is 52.8. The molecule has 0 radical (unpaired) electrons. The van der Waals surface area contributed by atoms with Crippen LogP contribution in [0.5, 0.6) is 11.5 Å². The Labute approximate surface area is 627 Å². The molecule has 0 aliphatic rings. The number of aromatic nitrogens is 4. The number of fused-ring (bicyclic) bond motifs is 4. The van der Waals surface area contributed by atoms with E-state index in [0.29, 0.717) is 11.3 Å². The van der Waals surface area contributed by atoms with Crippen molar-refractivity contribution < 1.29 is 81.1 Å². The SMILES string of the molecule is [2H]c1c([2H])c([2H])c(-c2cc(-c3c([2H])c(-c4c([2H])c([2H])c([2H])c([2H])c4[2H])c([2H])c(-c4c([2H])c([2H])c([2H])c([2H])c4[2H])c3[2H])c(-[n+]3[c-]n(-c4[c-]c(Oc5[c-]c6c(cc5)c5ccccc5n6-c5cc(C(C)(C)C)ccn5)ccc4)c4cc(-c5c(C([2H])([2H])[2H])cccc5C([2H])([2H])[2H])ccc43)c(-c3c([2H])c(-c4c([2H])c([2H])c([2H])c([2H])c4[2H])c([2H])c(-c4c([2H])c([2H])c([2H])c([2H])c4[2H])c3[2H])c2)c([2H])c1[2H].[Pt]. The molecule has 0 atom stereocenters. The van der Waals surface area contributed by atoms with E-state index in [1.807, 2.05) is 47.0 Å². The molecule has 0 aliphatic heterocycles. The van der Waals surface area contributed by atoms with Gasteiger partial charge in [-0.3, -0.25) is 4.57 Å². The number of hydrogen-bond acceptors (Lipinski definition) is 2. The topological polar surface area (TPSA) is 35.9 Å². The van der Waals surface area contributed by atoms with Gasteiger partial charge in [0.2, 0.25) is 0 Å². The second-order valence-electron chi connectivity index (χ2n) is 22.7. The Bertz CT molecular complexity index is 7190. The molecule has 0 saturated carbocycles. The molecule has 0 unspecified atom stereocenters. The molecular weight excluding hydrogens is 1350 g/mol. The number of ether oxygens (including phenoxy) is 1. The molecule has 0 N–H and O–H groups in total. The van der Waals surface area contributed by atoms with E-state index in [1.165, 1.54) is 59.2 Å². The summed E-state index contributed by atoms with van der Waals surface area (Å²) < 4.78 is 359. The Morgan fingerprint density at radius 2 is 0.958 bits per heavy atom. The molecule has 3 aromatic heterocycles. The number of para-hydroxylation sites is 1. The molecule has 96 heavy (non-hydrogen) atoms. The van der Waals surface area contributed by atoms with Gasteiger partial charge in [-0.05, 0) is 209 Å². The molecule has 0 spiro atoms. The van der Waals surface area contributed by atoms with Crippen molar-refractivity contribution in [2.45, 2.75) is 39.9 Å². The van der Waals surface area contributed by atoms with Crippen molar-refractivity contribution in [2.24, 2.45) is 0 Å². The number of hydrogen-bond donors (Lipinski definition) is 0. The van der Waals surface area contributed by atoms with Crippen LogP contribution >= 0.6 is 0 Å². The third-order valence-corrected chi connectivity index (χ3v) is 15.8. The zero-order chi connectivity index (χ0) is 96.1. The fourth-order valence-corrected chi connectivity index (χ4v) is 11.4. The predicted octanol–water partition coefficient (Wildman–Crippen LogP) is 22.8. The minimum absolute atomic E-state index is 0. The van der Waals surface area contributed by atoms with Gasteiger partial charge in [0, 0.05) is 52.5 Å². The Balaban J connectivity index is 0.0000135. The second-order valence-corrected chi connectivity index (χ2v) is 22.7. The average Bonchev–Trinajstić information content (AvgIpc) is 1.66. The number of aryl methyl sites for hydroxylation is 2. The maximum atomic E-state index is 10.9. The van der Waals surface area contributed by atoms with E-state index < -0.39 is 296 Å². The van der Waals surface area contributed by atoms with Crippen LogP contribution in [0.3, 0.4) is 0 Å². The summed E-state index contributed by atoms with van der Waals surface area (Å²) in [6, 6.07) is 0.538.